The molecule has 2 N–H and O–H groups in total. The number of hydrogen-bond donors (Lipinski definition) is 1. The van der Waals surface area contributed by atoms with E-state index in [9.17, 15) is 4.79 Å². The van der Waals surface area contributed by atoms with Gasteiger partial charge in [0.1, 0.15) is 0 Å². The van der Waals surface area contributed by atoms with Crippen LogP contribution >= 0.6 is 0 Å². The molecule has 0 saturated heterocycles. The van der Waals surface area contributed by atoms with Gasteiger partial charge in [-0.1, -0.05) is 6.07 Å². The van der Waals surface area contributed by atoms with E-state index in [1.54, 1.807) is 11.9 Å². The molecule has 3 heteroatoms. The molecule has 0 saturated carbocycles. The fraction of sp³-hybridized carbons (Fsp3) is 0.417. The Kier molecular flexibility index (Phi) is 3.86. The molecule has 0 aliphatic heterocycles. The molecule has 1 rings (SSSR count). The van der Waals surface area contributed by atoms with E-state index in [-0.39, 0.29) is 5.91 Å². The molecule has 0 heterocycles. The fourth-order valence-electron chi connectivity index (χ4n) is 1.37. The SMILES string of the molecule is Cc1ccc(N(C)C(=O)CCN)cc1C. The van der Waals surface area contributed by atoms with Crippen molar-refractivity contribution in [1.82, 2.24) is 0 Å². The molecular weight excluding hydrogens is 188 g/mol. The fourth-order valence-corrected chi connectivity index (χ4v) is 1.37. The molecule has 1 aromatic rings. The minimum absolute atomic E-state index is 0.0563. The van der Waals surface area contributed by atoms with Crippen LogP contribution in [-0.2, 0) is 4.79 Å². The van der Waals surface area contributed by atoms with Crippen molar-refractivity contribution < 1.29 is 4.79 Å². The standard InChI is InChI=1S/C12H18N2O/c1-9-4-5-11(8-10(9)2)14(3)12(15)6-7-13/h4-5,8H,6-7,13H2,1-3H3. The van der Waals surface area contributed by atoms with E-state index in [1.807, 2.05) is 25.1 Å². The number of aryl methyl sites for hydroxylation is 2. The van der Waals surface area contributed by atoms with Gasteiger partial charge in [0.15, 0.2) is 0 Å². The van der Waals surface area contributed by atoms with Crippen molar-refractivity contribution in [1.29, 1.82) is 0 Å². The molecule has 1 amide bonds. The molecule has 82 valence electrons. The summed E-state index contributed by atoms with van der Waals surface area (Å²) in [4.78, 5) is 13.2. The van der Waals surface area contributed by atoms with Crippen molar-refractivity contribution in [3.05, 3.63) is 29.3 Å². The highest BCUT2D eigenvalue weighted by molar-refractivity contribution is 5.92. The molecule has 0 radical (unpaired) electrons. The van der Waals surface area contributed by atoms with Gasteiger partial charge in [0, 0.05) is 25.7 Å². The third-order valence-electron chi connectivity index (χ3n) is 2.61. The van der Waals surface area contributed by atoms with Crippen LogP contribution in [0.2, 0.25) is 0 Å². The van der Waals surface area contributed by atoms with Gasteiger partial charge in [0.05, 0.1) is 0 Å². The van der Waals surface area contributed by atoms with Crippen molar-refractivity contribution in [2.75, 3.05) is 18.5 Å². The first kappa shape index (κ1) is 11.7. The van der Waals surface area contributed by atoms with E-state index in [0.29, 0.717) is 13.0 Å². The van der Waals surface area contributed by atoms with Crippen molar-refractivity contribution in [3.8, 4) is 0 Å². The van der Waals surface area contributed by atoms with Crippen LogP contribution in [0.15, 0.2) is 18.2 Å². The van der Waals surface area contributed by atoms with Crippen LogP contribution < -0.4 is 10.6 Å². The van der Waals surface area contributed by atoms with E-state index in [4.69, 9.17) is 5.73 Å². The summed E-state index contributed by atoms with van der Waals surface area (Å²) in [6.45, 7) is 4.49. The van der Waals surface area contributed by atoms with Gasteiger partial charge in [-0.2, -0.15) is 0 Å². The van der Waals surface area contributed by atoms with Gasteiger partial charge >= 0.3 is 0 Å². The lowest BCUT2D eigenvalue weighted by Gasteiger charge is -2.18. The monoisotopic (exact) mass is 206 g/mol. The summed E-state index contributed by atoms with van der Waals surface area (Å²) in [7, 11) is 1.78. The van der Waals surface area contributed by atoms with Crippen LogP contribution in [0.25, 0.3) is 0 Å². The second kappa shape index (κ2) is 4.94. The van der Waals surface area contributed by atoms with Gasteiger partial charge in [0.25, 0.3) is 0 Å². The molecule has 0 unspecified atom stereocenters. The predicted molar refractivity (Wildman–Crippen MR) is 63.0 cm³/mol. The second-order valence-corrected chi connectivity index (χ2v) is 3.76. The maximum absolute atomic E-state index is 11.6. The van der Waals surface area contributed by atoms with Gasteiger partial charge in [0.2, 0.25) is 5.91 Å². The quantitative estimate of drug-likeness (QED) is 0.816. The Balaban J connectivity index is 2.86. The van der Waals surface area contributed by atoms with Gasteiger partial charge in [-0.15, -0.1) is 0 Å². The number of anilines is 1. The van der Waals surface area contributed by atoms with E-state index >= 15 is 0 Å². The van der Waals surface area contributed by atoms with Crippen LogP contribution in [0.5, 0.6) is 0 Å². The second-order valence-electron chi connectivity index (χ2n) is 3.76. The number of rotatable bonds is 3. The zero-order chi connectivity index (χ0) is 11.4. The largest absolute Gasteiger partial charge is 0.330 e. The van der Waals surface area contributed by atoms with Crippen molar-refractivity contribution in [3.63, 3.8) is 0 Å². The highest BCUT2D eigenvalue weighted by Crippen LogP contribution is 2.17. The Morgan fingerprint density at radius 1 is 1.33 bits per heavy atom. The average molecular weight is 206 g/mol. The lowest BCUT2D eigenvalue weighted by molar-refractivity contribution is -0.118. The number of amides is 1. The summed E-state index contributed by atoms with van der Waals surface area (Å²) in [5.74, 6) is 0.0563. The highest BCUT2D eigenvalue weighted by atomic mass is 16.2. The molecule has 0 aliphatic rings. The Bertz CT molecular complexity index is 361. The first-order valence-corrected chi connectivity index (χ1v) is 5.10. The van der Waals surface area contributed by atoms with E-state index < -0.39 is 0 Å². The van der Waals surface area contributed by atoms with Gasteiger partial charge in [-0.05, 0) is 37.1 Å². The summed E-state index contributed by atoms with van der Waals surface area (Å²) >= 11 is 0. The Hall–Kier alpha value is -1.35. The molecule has 0 bridgehead atoms. The van der Waals surface area contributed by atoms with E-state index in [0.717, 1.165) is 5.69 Å². The minimum Gasteiger partial charge on any atom is -0.330 e. The molecule has 0 spiro atoms. The highest BCUT2D eigenvalue weighted by Gasteiger charge is 2.09. The van der Waals surface area contributed by atoms with Crippen molar-refractivity contribution in [2.45, 2.75) is 20.3 Å². The minimum atomic E-state index is 0.0563. The molecule has 0 aromatic heterocycles. The summed E-state index contributed by atoms with van der Waals surface area (Å²) in [6, 6.07) is 6.00. The average Bonchev–Trinajstić information content (AvgIpc) is 2.21. The van der Waals surface area contributed by atoms with E-state index in [1.165, 1.54) is 11.1 Å². The maximum atomic E-state index is 11.6. The number of benzene rings is 1. The maximum Gasteiger partial charge on any atom is 0.227 e. The number of nitrogens with zero attached hydrogens (tertiary/aromatic N) is 1. The molecule has 1 aromatic carbocycles. The van der Waals surface area contributed by atoms with Gasteiger partial charge in [-0.3, -0.25) is 4.79 Å². The van der Waals surface area contributed by atoms with E-state index in [2.05, 4.69) is 6.92 Å². The lowest BCUT2D eigenvalue weighted by atomic mass is 10.1. The molecule has 0 fully saturated rings. The molecule has 3 nitrogen and oxygen atoms in total. The van der Waals surface area contributed by atoms with Crippen LogP contribution in [0, 0.1) is 13.8 Å². The van der Waals surface area contributed by atoms with Gasteiger partial charge in [-0.25, -0.2) is 0 Å². The normalized spacial score (nSPS) is 10.1. The molecule has 0 aliphatic carbocycles. The van der Waals surface area contributed by atoms with Crippen LogP contribution in [0.3, 0.4) is 0 Å². The first-order valence-electron chi connectivity index (χ1n) is 5.10. The molecule has 0 atom stereocenters. The molecular formula is C12H18N2O. The zero-order valence-electron chi connectivity index (χ0n) is 9.58. The zero-order valence-corrected chi connectivity index (χ0v) is 9.58. The Morgan fingerprint density at radius 2 is 2.00 bits per heavy atom. The summed E-state index contributed by atoms with van der Waals surface area (Å²) in [6.07, 6.45) is 0.392. The topological polar surface area (TPSA) is 46.3 Å². The summed E-state index contributed by atoms with van der Waals surface area (Å²) < 4.78 is 0. The predicted octanol–water partition coefficient (Wildman–Crippen LogP) is 1.62. The van der Waals surface area contributed by atoms with Crippen molar-refractivity contribution >= 4 is 11.6 Å². The smallest absolute Gasteiger partial charge is 0.227 e. The summed E-state index contributed by atoms with van der Waals surface area (Å²) in [5, 5.41) is 0. The third kappa shape index (κ3) is 2.80. The number of hydrogen-bond acceptors (Lipinski definition) is 2. The van der Waals surface area contributed by atoms with Crippen LogP contribution in [-0.4, -0.2) is 19.5 Å². The van der Waals surface area contributed by atoms with Gasteiger partial charge < -0.3 is 10.6 Å². The Morgan fingerprint density at radius 3 is 2.53 bits per heavy atom. The summed E-state index contributed by atoms with van der Waals surface area (Å²) in [5.41, 5.74) is 8.71. The number of carbonyl (C=O) groups excluding carboxylic acids is 1. The number of carbonyl (C=O) groups is 1. The van der Waals surface area contributed by atoms with Crippen molar-refractivity contribution in [2.24, 2.45) is 5.73 Å². The van der Waals surface area contributed by atoms with Crippen LogP contribution in [0.1, 0.15) is 17.5 Å². The lowest BCUT2D eigenvalue weighted by Crippen LogP contribution is -2.28. The van der Waals surface area contributed by atoms with Crippen LogP contribution in [0.4, 0.5) is 5.69 Å². The third-order valence-corrected chi connectivity index (χ3v) is 2.61. The Labute approximate surface area is 90.9 Å². The first-order chi connectivity index (χ1) is 7.06. The number of nitrogens with two attached hydrogens (primary N) is 1. The molecule has 15 heavy (non-hydrogen) atoms.